The van der Waals surface area contributed by atoms with Gasteiger partial charge in [0.1, 0.15) is 16.4 Å². The van der Waals surface area contributed by atoms with E-state index < -0.39 is 10.0 Å². The summed E-state index contributed by atoms with van der Waals surface area (Å²) < 4.78 is 38.9. The standard InChI is InChI=1S/C20H25N3O5S/c1-3-23-13-20(14-27-17-6-4-5-7-18(17)29(23,25)26)8-10-22(11-9-20)19(24)16-12-15(2)28-21-16/h4-7,12H,3,8-11,13-14H2,1-2H3. The third-order valence-electron chi connectivity index (χ3n) is 5.82. The van der Waals surface area contributed by atoms with Gasteiger partial charge >= 0.3 is 0 Å². The highest BCUT2D eigenvalue weighted by molar-refractivity contribution is 7.89. The number of amides is 1. The van der Waals surface area contributed by atoms with Crippen molar-refractivity contribution in [3.05, 3.63) is 41.8 Å². The van der Waals surface area contributed by atoms with Gasteiger partial charge < -0.3 is 14.2 Å². The van der Waals surface area contributed by atoms with Gasteiger partial charge in [0.15, 0.2) is 5.69 Å². The molecule has 0 saturated carbocycles. The molecule has 8 nitrogen and oxygen atoms in total. The van der Waals surface area contributed by atoms with E-state index in [9.17, 15) is 13.2 Å². The monoisotopic (exact) mass is 419 g/mol. The molecule has 156 valence electrons. The lowest BCUT2D eigenvalue weighted by molar-refractivity contribution is 0.0300. The molecule has 0 aliphatic carbocycles. The highest BCUT2D eigenvalue weighted by Gasteiger charge is 2.43. The van der Waals surface area contributed by atoms with Crippen LogP contribution in [0.25, 0.3) is 0 Å². The van der Waals surface area contributed by atoms with Gasteiger partial charge in [-0.1, -0.05) is 24.2 Å². The second-order valence-corrected chi connectivity index (χ2v) is 9.69. The van der Waals surface area contributed by atoms with Crippen molar-refractivity contribution in [1.82, 2.24) is 14.4 Å². The topological polar surface area (TPSA) is 92.9 Å². The van der Waals surface area contributed by atoms with Crippen molar-refractivity contribution in [2.75, 3.05) is 32.8 Å². The Kier molecular flexibility index (Phi) is 5.12. The molecule has 1 saturated heterocycles. The smallest absolute Gasteiger partial charge is 0.276 e. The number of carbonyl (C=O) groups is 1. The molecule has 1 aromatic heterocycles. The summed E-state index contributed by atoms with van der Waals surface area (Å²) >= 11 is 0. The zero-order chi connectivity index (χ0) is 20.6. The number of aromatic nitrogens is 1. The van der Waals surface area contributed by atoms with Crippen molar-refractivity contribution in [3.63, 3.8) is 0 Å². The van der Waals surface area contributed by atoms with Crippen LogP contribution in [-0.4, -0.2) is 61.5 Å². The maximum atomic E-state index is 13.2. The molecule has 29 heavy (non-hydrogen) atoms. The highest BCUT2D eigenvalue weighted by Crippen LogP contribution is 2.39. The number of nitrogens with zero attached hydrogens (tertiary/aromatic N) is 3. The molecule has 0 radical (unpaired) electrons. The number of sulfonamides is 1. The fourth-order valence-corrected chi connectivity index (χ4v) is 5.75. The fraction of sp³-hybridized carbons (Fsp3) is 0.500. The average Bonchev–Trinajstić information content (AvgIpc) is 3.16. The lowest BCUT2D eigenvalue weighted by atomic mass is 9.78. The Morgan fingerprint density at radius 2 is 1.97 bits per heavy atom. The van der Waals surface area contributed by atoms with E-state index in [0.717, 1.165) is 0 Å². The minimum absolute atomic E-state index is 0.159. The number of rotatable bonds is 2. The second-order valence-electron chi connectivity index (χ2n) is 7.78. The Hall–Kier alpha value is -2.39. The molecule has 1 amide bonds. The number of piperidine rings is 1. The Balaban J connectivity index is 1.56. The summed E-state index contributed by atoms with van der Waals surface area (Å²) in [6.07, 6.45) is 1.31. The summed E-state index contributed by atoms with van der Waals surface area (Å²) in [6.45, 7) is 5.83. The molecule has 2 aliphatic heterocycles. The predicted octanol–water partition coefficient (Wildman–Crippen LogP) is 2.31. The Morgan fingerprint density at radius 3 is 2.62 bits per heavy atom. The summed E-state index contributed by atoms with van der Waals surface area (Å²) in [5, 5.41) is 3.81. The highest BCUT2D eigenvalue weighted by atomic mass is 32.2. The Labute approximate surface area is 170 Å². The van der Waals surface area contributed by atoms with Gasteiger partial charge in [0.05, 0.1) is 6.61 Å². The van der Waals surface area contributed by atoms with Crippen LogP contribution in [0.1, 0.15) is 36.0 Å². The van der Waals surface area contributed by atoms with E-state index in [2.05, 4.69) is 5.16 Å². The molecule has 1 fully saturated rings. The van der Waals surface area contributed by atoms with Crippen LogP contribution < -0.4 is 4.74 Å². The number of hydrogen-bond donors (Lipinski definition) is 0. The molecule has 0 bridgehead atoms. The molecule has 4 rings (SSSR count). The van der Waals surface area contributed by atoms with E-state index in [0.29, 0.717) is 62.8 Å². The average molecular weight is 420 g/mol. The Bertz CT molecular complexity index is 1010. The summed E-state index contributed by atoms with van der Waals surface area (Å²) in [4.78, 5) is 14.6. The fourth-order valence-electron chi connectivity index (χ4n) is 4.05. The number of hydrogen-bond acceptors (Lipinski definition) is 6. The normalized spacial score (nSPS) is 21.1. The van der Waals surface area contributed by atoms with Crippen LogP contribution in [0.5, 0.6) is 5.75 Å². The minimum Gasteiger partial charge on any atom is -0.492 e. The van der Waals surface area contributed by atoms with Crippen molar-refractivity contribution in [2.45, 2.75) is 31.6 Å². The number of benzene rings is 1. The quantitative estimate of drug-likeness (QED) is 0.742. The number of carbonyl (C=O) groups excluding carboxylic acids is 1. The van der Waals surface area contributed by atoms with Gasteiger partial charge in [0.25, 0.3) is 5.91 Å². The predicted molar refractivity (Wildman–Crippen MR) is 105 cm³/mol. The van der Waals surface area contributed by atoms with Crippen LogP contribution in [0.4, 0.5) is 0 Å². The molecule has 0 atom stereocenters. The van der Waals surface area contributed by atoms with Crippen LogP contribution in [0.2, 0.25) is 0 Å². The first kappa shape index (κ1) is 19.9. The van der Waals surface area contributed by atoms with Gasteiger partial charge in [0.2, 0.25) is 10.0 Å². The summed E-state index contributed by atoms with van der Waals surface area (Å²) in [5.74, 6) is 0.827. The molecule has 0 N–H and O–H groups in total. The van der Waals surface area contributed by atoms with Gasteiger partial charge in [-0.05, 0) is 31.9 Å². The SMILES string of the molecule is CCN1CC2(CCN(C(=O)c3cc(C)on3)CC2)COc2ccccc2S1(=O)=O. The van der Waals surface area contributed by atoms with Crippen LogP contribution >= 0.6 is 0 Å². The summed E-state index contributed by atoms with van der Waals surface area (Å²) in [6, 6.07) is 8.41. The number of ether oxygens (including phenoxy) is 1. The molecule has 2 aromatic rings. The van der Waals surface area contributed by atoms with E-state index >= 15 is 0 Å². The molecular weight excluding hydrogens is 394 g/mol. The molecule has 1 spiro atoms. The molecule has 1 aromatic carbocycles. The van der Waals surface area contributed by atoms with Crippen LogP contribution in [0, 0.1) is 12.3 Å². The van der Waals surface area contributed by atoms with Gasteiger partial charge in [-0.25, -0.2) is 8.42 Å². The van der Waals surface area contributed by atoms with Crippen molar-refractivity contribution >= 4 is 15.9 Å². The summed E-state index contributed by atoms with van der Waals surface area (Å²) in [5.41, 5.74) is -0.0355. The zero-order valence-corrected chi connectivity index (χ0v) is 17.4. The van der Waals surface area contributed by atoms with E-state index in [1.54, 1.807) is 42.2 Å². The molecule has 3 heterocycles. The van der Waals surface area contributed by atoms with E-state index in [4.69, 9.17) is 9.26 Å². The van der Waals surface area contributed by atoms with Crippen molar-refractivity contribution < 1.29 is 22.5 Å². The first-order chi connectivity index (χ1) is 13.8. The van der Waals surface area contributed by atoms with Crippen LogP contribution in [-0.2, 0) is 10.0 Å². The lowest BCUT2D eigenvalue weighted by Crippen LogP contribution is -2.52. The second kappa shape index (κ2) is 7.46. The molecule has 9 heteroatoms. The zero-order valence-electron chi connectivity index (χ0n) is 16.6. The van der Waals surface area contributed by atoms with E-state index in [1.165, 1.54) is 4.31 Å². The van der Waals surface area contributed by atoms with Crippen LogP contribution in [0.3, 0.4) is 0 Å². The first-order valence-electron chi connectivity index (χ1n) is 9.79. The molecular formula is C20H25N3O5S. The number of para-hydroxylation sites is 1. The Morgan fingerprint density at radius 1 is 1.24 bits per heavy atom. The third kappa shape index (κ3) is 3.64. The van der Waals surface area contributed by atoms with Crippen molar-refractivity contribution in [1.29, 1.82) is 0 Å². The number of likely N-dealkylation sites (tertiary alicyclic amines) is 1. The van der Waals surface area contributed by atoms with Crippen molar-refractivity contribution in [3.8, 4) is 5.75 Å². The van der Waals surface area contributed by atoms with Gasteiger partial charge in [-0.2, -0.15) is 4.31 Å². The van der Waals surface area contributed by atoms with Gasteiger partial charge in [-0.3, -0.25) is 4.79 Å². The molecule has 0 unspecified atom stereocenters. The number of aryl methyl sites for hydroxylation is 1. The maximum Gasteiger partial charge on any atom is 0.276 e. The van der Waals surface area contributed by atoms with Gasteiger partial charge in [-0.15, -0.1) is 0 Å². The largest absolute Gasteiger partial charge is 0.492 e. The lowest BCUT2D eigenvalue weighted by Gasteiger charge is -2.44. The first-order valence-corrected chi connectivity index (χ1v) is 11.2. The minimum atomic E-state index is -3.63. The van der Waals surface area contributed by atoms with E-state index in [1.807, 2.05) is 6.92 Å². The number of fused-ring (bicyclic) bond motifs is 1. The van der Waals surface area contributed by atoms with Crippen LogP contribution in [0.15, 0.2) is 39.8 Å². The van der Waals surface area contributed by atoms with Crippen molar-refractivity contribution in [2.24, 2.45) is 5.41 Å². The van der Waals surface area contributed by atoms with Gasteiger partial charge in [0, 0.05) is 37.7 Å². The molecule has 2 aliphatic rings. The van der Waals surface area contributed by atoms with E-state index in [-0.39, 0.29) is 16.2 Å². The third-order valence-corrected chi connectivity index (χ3v) is 7.78. The maximum absolute atomic E-state index is 13.2. The summed E-state index contributed by atoms with van der Waals surface area (Å²) in [7, 11) is -3.63.